The fourth-order valence-corrected chi connectivity index (χ4v) is 3.31. The van der Waals surface area contributed by atoms with Crippen LogP contribution >= 0.6 is 15.9 Å². The van der Waals surface area contributed by atoms with Crippen LogP contribution in [0.4, 0.5) is 0 Å². The lowest BCUT2D eigenvalue weighted by molar-refractivity contribution is 0.269. The second kappa shape index (κ2) is 8.58. The van der Waals surface area contributed by atoms with Crippen LogP contribution in [-0.2, 0) is 0 Å². The zero-order valence-corrected chi connectivity index (χ0v) is 13.4. The van der Waals surface area contributed by atoms with Crippen molar-refractivity contribution in [3.63, 3.8) is 0 Å². The SMILES string of the molecule is BC1(C)CCCCCCN(CCBr)CCCC1. The van der Waals surface area contributed by atoms with Crippen LogP contribution in [0.1, 0.15) is 58.3 Å². The molecule has 1 heterocycles. The zero-order chi connectivity index (χ0) is 12.6. The van der Waals surface area contributed by atoms with Crippen molar-refractivity contribution in [2.75, 3.05) is 25.0 Å². The Morgan fingerprint density at radius 3 is 2.18 bits per heavy atom. The van der Waals surface area contributed by atoms with Crippen LogP contribution in [0.25, 0.3) is 0 Å². The van der Waals surface area contributed by atoms with E-state index < -0.39 is 0 Å². The lowest BCUT2D eigenvalue weighted by Crippen LogP contribution is -2.28. The highest BCUT2D eigenvalue weighted by Crippen LogP contribution is 2.34. The first-order valence-electron chi connectivity index (χ1n) is 7.42. The number of hydrogen-bond donors (Lipinski definition) is 0. The van der Waals surface area contributed by atoms with Crippen LogP contribution in [-0.4, -0.2) is 37.7 Å². The van der Waals surface area contributed by atoms with Gasteiger partial charge in [-0.05, 0) is 25.9 Å². The standard InChI is InChI=1S/C14H29BBrN/c1-14(15)8-4-2-3-6-11-17(13-10-16)12-7-5-9-14/h2-13,15H2,1H3. The summed E-state index contributed by atoms with van der Waals surface area (Å²) >= 11 is 3.57. The van der Waals surface area contributed by atoms with Crippen molar-refractivity contribution in [2.45, 2.75) is 63.6 Å². The minimum atomic E-state index is 0.583. The van der Waals surface area contributed by atoms with Gasteiger partial charge in [-0.1, -0.05) is 66.7 Å². The summed E-state index contributed by atoms with van der Waals surface area (Å²) < 4.78 is 0. The van der Waals surface area contributed by atoms with Gasteiger partial charge in [0.2, 0.25) is 0 Å². The molecule has 0 spiro atoms. The average Bonchev–Trinajstić information content (AvgIpc) is 2.27. The molecule has 100 valence electrons. The Morgan fingerprint density at radius 2 is 1.53 bits per heavy atom. The lowest BCUT2D eigenvalue weighted by atomic mass is 9.64. The van der Waals surface area contributed by atoms with E-state index in [1.165, 1.54) is 71.0 Å². The van der Waals surface area contributed by atoms with E-state index in [0.29, 0.717) is 5.31 Å². The van der Waals surface area contributed by atoms with Crippen molar-refractivity contribution >= 4 is 23.8 Å². The molecule has 0 radical (unpaired) electrons. The third-order valence-electron chi connectivity index (χ3n) is 4.06. The molecule has 0 bridgehead atoms. The molecule has 0 saturated carbocycles. The largest absolute Gasteiger partial charge is 0.303 e. The van der Waals surface area contributed by atoms with Crippen molar-refractivity contribution in [3.05, 3.63) is 0 Å². The van der Waals surface area contributed by atoms with E-state index in [4.69, 9.17) is 0 Å². The molecule has 0 aromatic rings. The first kappa shape index (κ1) is 15.6. The summed E-state index contributed by atoms with van der Waals surface area (Å²) in [7, 11) is 2.45. The predicted molar refractivity (Wildman–Crippen MR) is 84.1 cm³/mol. The normalized spacial score (nSPS) is 30.5. The molecule has 1 unspecified atom stereocenters. The molecule has 0 aliphatic carbocycles. The topological polar surface area (TPSA) is 3.24 Å². The molecule has 1 aliphatic rings. The van der Waals surface area contributed by atoms with Crippen molar-refractivity contribution in [1.29, 1.82) is 0 Å². The van der Waals surface area contributed by atoms with Gasteiger partial charge in [0.15, 0.2) is 0 Å². The predicted octanol–water partition coefficient (Wildman–Crippen LogP) is 3.63. The quantitative estimate of drug-likeness (QED) is 0.556. The number of hydrogen-bond acceptors (Lipinski definition) is 1. The Balaban J connectivity index is 2.35. The lowest BCUT2D eigenvalue weighted by Gasteiger charge is -2.27. The van der Waals surface area contributed by atoms with Crippen molar-refractivity contribution in [3.8, 4) is 0 Å². The van der Waals surface area contributed by atoms with Crippen LogP contribution in [0, 0.1) is 0 Å². The summed E-state index contributed by atoms with van der Waals surface area (Å²) in [5.74, 6) is 0. The first-order chi connectivity index (χ1) is 8.14. The monoisotopic (exact) mass is 301 g/mol. The highest BCUT2D eigenvalue weighted by Gasteiger charge is 2.17. The van der Waals surface area contributed by atoms with Crippen LogP contribution in [0.3, 0.4) is 0 Å². The van der Waals surface area contributed by atoms with E-state index in [0.717, 1.165) is 5.33 Å². The molecular formula is C14H29BBrN. The number of alkyl halides is 1. The zero-order valence-electron chi connectivity index (χ0n) is 11.8. The summed E-state index contributed by atoms with van der Waals surface area (Å²) in [5.41, 5.74) is 0. The van der Waals surface area contributed by atoms with Gasteiger partial charge in [0.25, 0.3) is 0 Å². The van der Waals surface area contributed by atoms with Crippen LogP contribution < -0.4 is 0 Å². The number of rotatable bonds is 2. The van der Waals surface area contributed by atoms with E-state index in [1.807, 2.05) is 0 Å². The molecule has 1 rings (SSSR count). The summed E-state index contributed by atoms with van der Waals surface area (Å²) in [6, 6.07) is 0. The smallest absolute Gasteiger partial charge is 0.109 e. The van der Waals surface area contributed by atoms with Crippen LogP contribution in [0.15, 0.2) is 0 Å². The van der Waals surface area contributed by atoms with E-state index in [1.54, 1.807) is 0 Å². The molecule has 0 amide bonds. The summed E-state index contributed by atoms with van der Waals surface area (Å²) in [5, 5.41) is 1.71. The molecule has 1 nitrogen and oxygen atoms in total. The van der Waals surface area contributed by atoms with Gasteiger partial charge in [-0.25, -0.2) is 0 Å². The van der Waals surface area contributed by atoms with Gasteiger partial charge < -0.3 is 4.90 Å². The molecular weight excluding hydrogens is 273 g/mol. The second-order valence-electron chi connectivity index (χ2n) is 6.32. The van der Waals surface area contributed by atoms with E-state index in [2.05, 4.69) is 35.6 Å². The van der Waals surface area contributed by atoms with Gasteiger partial charge in [-0.2, -0.15) is 0 Å². The molecule has 1 fully saturated rings. The van der Waals surface area contributed by atoms with Gasteiger partial charge in [-0.15, -0.1) is 0 Å². The third kappa shape index (κ3) is 7.51. The molecule has 17 heavy (non-hydrogen) atoms. The highest BCUT2D eigenvalue weighted by molar-refractivity contribution is 9.09. The van der Waals surface area contributed by atoms with Gasteiger partial charge in [-0.3, -0.25) is 0 Å². The van der Waals surface area contributed by atoms with Crippen molar-refractivity contribution in [1.82, 2.24) is 4.90 Å². The molecule has 1 aliphatic heterocycles. The second-order valence-corrected chi connectivity index (χ2v) is 7.11. The van der Waals surface area contributed by atoms with E-state index >= 15 is 0 Å². The molecule has 0 N–H and O–H groups in total. The molecule has 0 aromatic carbocycles. The summed E-state index contributed by atoms with van der Waals surface area (Å²) in [6.45, 7) is 6.30. The van der Waals surface area contributed by atoms with E-state index in [9.17, 15) is 0 Å². The van der Waals surface area contributed by atoms with Crippen molar-refractivity contribution < 1.29 is 0 Å². The molecule has 0 aromatic heterocycles. The van der Waals surface area contributed by atoms with Gasteiger partial charge in [0.1, 0.15) is 7.85 Å². The Bertz CT molecular complexity index is 197. The Kier molecular flexibility index (Phi) is 7.85. The van der Waals surface area contributed by atoms with Gasteiger partial charge >= 0.3 is 0 Å². The number of halogens is 1. The highest BCUT2D eigenvalue weighted by atomic mass is 79.9. The van der Waals surface area contributed by atoms with E-state index in [-0.39, 0.29) is 0 Å². The number of nitrogens with zero attached hydrogens (tertiary/aromatic N) is 1. The molecule has 1 atom stereocenters. The Morgan fingerprint density at radius 1 is 1.00 bits per heavy atom. The maximum Gasteiger partial charge on any atom is 0.109 e. The van der Waals surface area contributed by atoms with Gasteiger partial charge in [0, 0.05) is 11.9 Å². The maximum atomic E-state index is 3.57. The third-order valence-corrected chi connectivity index (χ3v) is 4.41. The maximum absolute atomic E-state index is 3.57. The first-order valence-corrected chi connectivity index (χ1v) is 8.54. The summed E-state index contributed by atoms with van der Waals surface area (Å²) in [4.78, 5) is 2.64. The van der Waals surface area contributed by atoms with Crippen LogP contribution in [0.2, 0.25) is 5.31 Å². The minimum absolute atomic E-state index is 0.583. The Labute approximate surface area is 117 Å². The average molecular weight is 302 g/mol. The fourth-order valence-electron chi connectivity index (χ4n) is 2.81. The van der Waals surface area contributed by atoms with Crippen molar-refractivity contribution in [2.24, 2.45) is 0 Å². The summed E-state index contributed by atoms with van der Waals surface area (Å²) in [6.07, 6.45) is 11.3. The molecule has 3 heteroatoms. The Hall–Kier alpha value is 0.505. The fraction of sp³-hybridized carbons (Fsp3) is 1.00. The van der Waals surface area contributed by atoms with Gasteiger partial charge in [0.05, 0.1) is 0 Å². The van der Waals surface area contributed by atoms with Crippen LogP contribution in [0.5, 0.6) is 0 Å². The minimum Gasteiger partial charge on any atom is -0.303 e. The molecule has 1 saturated heterocycles.